The summed E-state index contributed by atoms with van der Waals surface area (Å²) in [6.07, 6.45) is 5.15. The molecule has 0 spiro atoms. The van der Waals surface area contributed by atoms with Gasteiger partial charge in [-0.1, -0.05) is 69.4 Å². The number of rotatable bonds is 16. The monoisotopic (exact) mass is 532 g/mol. The van der Waals surface area contributed by atoms with Crippen molar-refractivity contribution in [3.8, 4) is 0 Å². The van der Waals surface area contributed by atoms with Crippen molar-refractivity contribution < 1.29 is 23.9 Å². The fourth-order valence-corrected chi connectivity index (χ4v) is 4.09. The minimum atomic E-state index is -1.09. The lowest BCUT2D eigenvalue weighted by Gasteiger charge is -2.35. The summed E-state index contributed by atoms with van der Waals surface area (Å²) in [6, 6.07) is 6.99. The lowest BCUT2D eigenvalue weighted by atomic mass is 10.0. The molecule has 0 aliphatic rings. The molecule has 0 bridgehead atoms. The topological polar surface area (TPSA) is 131 Å². The highest BCUT2D eigenvalue weighted by atomic mass is 16.6. The molecule has 0 saturated heterocycles. The molecule has 0 saturated carbocycles. The Bertz CT molecular complexity index is 883. The maximum atomic E-state index is 14.1. The van der Waals surface area contributed by atoms with Crippen LogP contribution in [0.5, 0.6) is 0 Å². The summed E-state index contributed by atoms with van der Waals surface area (Å²) in [5, 5.41) is 5.56. The van der Waals surface area contributed by atoms with Gasteiger partial charge in [-0.05, 0) is 53.0 Å². The van der Waals surface area contributed by atoms with E-state index < -0.39 is 35.6 Å². The van der Waals surface area contributed by atoms with Gasteiger partial charge < -0.3 is 26.0 Å². The number of carbonyl (C=O) groups is 4. The molecule has 0 fully saturated rings. The molecule has 1 aromatic carbocycles. The first kappa shape index (κ1) is 32.9. The van der Waals surface area contributed by atoms with E-state index in [9.17, 15) is 19.2 Å². The molecule has 4 amide bonds. The highest BCUT2D eigenvalue weighted by molar-refractivity contribution is 5.92. The predicted molar refractivity (Wildman–Crippen MR) is 149 cm³/mol. The summed E-state index contributed by atoms with van der Waals surface area (Å²) in [4.78, 5) is 53.3. The summed E-state index contributed by atoms with van der Waals surface area (Å²) < 4.78 is 5.37. The van der Waals surface area contributed by atoms with Gasteiger partial charge in [0.1, 0.15) is 17.7 Å². The third-order valence-electron chi connectivity index (χ3n) is 5.81. The van der Waals surface area contributed by atoms with E-state index in [2.05, 4.69) is 17.6 Å². The van der Waals surface area contributed by atoms with Gasteiger partial charge in [0.05, 0.1) is 0 Å². The van der Waals surface area contributed by atoms with Gasteiger partial charge in [-0.15, -0.1) is 0 Å². The fourth-order valence-electron chi connectivity index (χ4n) is 4.09. The molecular formula is C29H48N4O5. The second-order valence-electron chi connectivity index (χ2n) is 11.0. The van der Waals surface area contributed by atoms with Crippen LogP contribution in [-0.2, 0) is 19.1 Å². The van der Waals surface area contributed by atoms with Crippen LogP contribution in [0, 0.1) is 0 Å². The van der Waals surface area contributed by atoms with Gasteiger partial charge in [0.15, 0.2) is 0 Å². The van der Waals surface area contributed by atoms with E-state index in [1.807, 2.05) is 44.2 Å². The zero-order chi connectivity index (χ0) is 28.7. The number of amides is 4. The molecule has 2 unspecified atom stereocenters. The Hall–Kier alpha value is -3.10. The lowest BCUT2D eigenvalue weighted by molar-refractivity contribution is -0.143. The van der Waals surface area contributed by atoms with Gasteiger partial charge in [-0.25, -0.2) is 4.79 Å². The summed E-state index contributed by atoms with van der Waals surface area (Å²) in [5.41, 5.74) is 5.26. The van der Waals surface area contributed by atoms with Gasteiger partial charge >= 0.3 is 6.09 Å². The average molecular weight is 533 g/mol. The summed E-state index contributed by atoms with van der Waals surface area (Å²) in [6.45, 7) is 11.4. The number of carbonyl (C=O) groups excluding carboxylic acids is 4. The number of hydrogen-bond donors (Lipinski definition) is 3. The minimum absolute atomic E-state index is 0.00623. The first-order chi connectivity index (χ1) is 17.9. The number of benzene rings is 1. The number of nitrogens with one attached hydrogen (secondary N) is 2. The summed E-state index contributed by atoms with van der Waals surface area (Å²) in [7, 11) is 0. The number of alkyl carbamates (subject to hydrolysis) is 1. The van der Waals surface area contributed by atoms with Crippen LogP contribution >= 0.6 is 0 Å². The zero-order valence-electron chi connectivity index (χ0n) is 24.0. The Labute approximate surface area is 228 Å². The van der Waals surface area contributed by atoms with Crippen LogP contribution in [0.3, 0.4) is 0 Å². The van der Waals surface area contributed by atoms with Crippen molar-refractivity contribution in [1.29, 1.82) is 0 Å². The molecule has 0 radical (unpaired) electrons. The Balaban J connectivity index is 3.37. The van der Waals surface area contributed by atoms with Crippen molar-refractivity contribution in [1.82, 2.24) is 15.5 Å². The first-order valence-electron chi connectivity index (χ1n) is 13.8. The van der Waals surface area contributed by atoms with Crippen molar-refractivity contribution in [2.75, 3.05) is 6.54 Å². The highest BCUT2D eigenvalue weighted by Crippen LogP contribution is 2.24. The van der Waals surface area contributed by atoms with Gasteiger partial charge in [0, 0.05) is 19.0 Å². The maximum absolute atomic E-state index is 14.1. The fraction of sp³-hybridized carbons (Fsp3) is 0.655. The highest BCUT2D eigenvalue weighted by Gasteiger charge is 2.36. The third-order valence-corrected chi connectivity index (χ3v) is 5.81. The predicted octanol–water partition coefficient (Wildman–Crippen LogP) is 4.60. The quantitative estimate of drug-likeness (QED) is 0.268. The standard InChI is InChI=1S/C29H48N4O5/c1-7-8-9-10-11-15-20-33(25(26(35)31-21(2)3)22-16-13-12-14-17-22)27(36)23(18-19-24(30)34)32-28(37)38-29(4,5)6/h12-14,16-17,21,23,25H,7-11,15,18-20H2,1-6H3,(H2,30,34)(H,31,35)(H,32,37). The molecule has 4 N–H and O–H groups in total. The van der Waals surface area contributed by atoms with Crippen molar-refractivity contribution in [2.24, 2.45) is 5.73 Å². The number of nitrogens with two attached hydrogens (primary N) is 1. The van der Waals surface area contributed by atoms with E-state index in [1.165, 1.54) is 4.90 Å². The van der Waals surface area contributed by atoms with Crippen LogP contribution in [0.2, 0.25) is 0 Å². The first-order valence-corrected chi connectivity index (χ1v) is 13.8. The summed E-state index contributed by atoms with van der Waals surface area (Å²) >= 11 is 0. The maximum Gasteiger partial charge on any atom is 0.408 e. The van der Waals surface area contributed by atoms with E-state index in [0.29, 0.717) is 18.5 Å². The van der Waals surface area contributed by atoms with Gasteiger partial charge in [0.25, 0.3) is 0 Å². The van der Waals surface area contributed by atoms with Crippen LogP contribution < -0.4 is 16.4 Å². The molecule has 0 aliphatic heterocycles. The van der Waals surface area contributed by atoms with E-state index in [1.54, 1.807) is 20.8 Å². The van der Waals surface area contributed by atoms with Gasteiger partial charge in [-0.2, -0.15) is 0 Å². The van der Waals surface area contributed by atoms with Crippen LogP contribution in [-0.4, -0.2) is 52.9 Å². The van der Waals surface area contributed by atoms with Crippen LogP contribution in [0.1, 0.15) is 105 Å². The molecule has 0 aliphatic carbocycles. The number of hydrogen-bond acceptors (Lipinski definition) is 5. The van der Waals surface area contributed by atoms with E-state index in [4.69, 9.17) is 10.5 Å². The van der Waals surface area contributed by atoms with Gasteiger partial charge in [-0.3, -0.25) is 14.4 Å². The van der Waals surface area contributed by atoms with E-state index in [0.717, 1.165) is 32.1 Å². The SMILES string of the molecule is CCCCCCCCN(C(=O)C(CCC(N)=O)NC(=O)OC(C)(C)C)C(C(=O)NC(C)C)c1ccccc1. The van der Waals surface area contributed by atoms with Gasteiger partial charge in [0.2, 0.25) is 17.7 Å². The van der Waals surface area contributed by atoms with Crippen molar-refractivity contribution >= 4 is 23.8 Å². The van der Waals surface area contributed by atoms with Crippen LogP contribution in [0.4, 0.5) is 4.79 Å². The van der Waals surface area contributed by atoms with E-state index >= 15 is 0 Å². The molecule has 9 heteroatoms. The Kier molecular flexibility index (Phi) is 14.5. The second kappa shape index (κ2) is 16.7. The molecule has 1 rings (SSSR count). The molecule has 0 aromatic heterocycles. The van der Waals surface area contributed by atoms with Crippen LogP contribution in [0.15, 0.2) is 30.3 Å². The van der Waals surface area contributed by atoms with Crippen LogP contribution in [0.25, 0.3) is 0 Å². The molecule has 214 valence electrons. The van der Waals surface area contributed by atoms with E-state index in [-0.39, 0.29) is 24.8 Å². The number of primary amides is 1. The molecule has 1 aromatic rings. The molecule has 2 atom stereocenters. The Morgan fingerprint density at radius 1 is 0.947 bits per heavy atom. The molecule has 9 nitrogen and oxygen atoms in total. The van der Waals surface area contributed by atoms with Crippen molar-refractivity contribution in [3.63, 3.8) is 0 Å². The largest absolute Gasteiger partial charge is 0.444 e. The average Bonchev–Trinajstić information content (AvgIpc) is 2.81. The Morgan fingerprint density at radius 3 is 2.11 bits per heavy atom. The smallest absolute Gasteiger partial charge is 0.408 e. The minimum Gasteiger partial charge on any atom is -0.444 e. The van der Waals surface area contributed by atoms with Crippen molar-refractivity contribution in [3.05, 3.63) is 35.9 Å². The Morgan fingerprint density at radius 2 is 1.55 bits per heavy atom. The van der Waals surface area contributed by atoms with Crippen molar-refractivity contribution in [2.45, 2.75) is 117 Å². The molecule has 0 heterocycles. The lowest BCUT2D eigenvalue weighted by Crippen LogP contribution is -2.54. The normalized spacial score (nSPS) is 12.9. The number of nitrogens with zero attached hydrogens (tertiary/aromatic N) is 1. The third kappa shape index (κ3) is 12.9. The molecule has 38 heavy (non-hydrogen) atoms. The summed E-state index contributed by atoms with van der Waals surface area (Å²) in [5.74, 6) is -1.36. The zero-order valence-corrected chi connectivity index (χ0v) is 24.0. The second-order valence-corrected chi connectivity index (χ2v) is 11.0. The number of ether oxygens (including phenoxy) is 1. The molecular weight excluding hydrogens is 484 g/mol. The number of unbranched alkanes of at least 4 members (excludes halogenated alkanes) is 5.